The van der Waals surface area contributed by atoms with E-state index < -0.39 is 0 Å². The molecule has 1 aliphatic heterocycles. The summed E-state index contributed by atoms with van der Waals surface area (Å²) in [5.41, 5.74) is 4.73. The molecule has 3 rings (SSSR count). The van der Waals surface area contributed by atoms with Crippen molar-refractivity contribution < 1.29 is 4.39 Å². The van der Waals surface area contributed by atoms with Gasteiger partial charge in [0.25, 0.3) is 0 Å². The van der Waals surface area contributed by atoms with Gasteiger partial charge in [0.15, 0.2) is 0 Å². The van der Waals surface area contributed by atoms with Crippen LogP contribution in [0.15, 0.2) is 41.3 Å². The van der Waals surface area contributed by atoms with Crippen LogP contribution in [-0.4, -0.2) is 5.75 Å². The van der Waals surface area contributed by atoms with Gasteiger partial charge >= 0.3 is 0 Å². The highest BCUT2D eigenvalue weighted by Gasteiger charge is 2.23. The number of aryl methyl sites for hydroxylation is 2. The van der Waals surface area contributed by atoms with Gasteiger partial charge in [0, 0.05) is 16.3 Å². The van der Waals surface area contributed by atoms with E-state index in [0.717, 1.165) is 28.3 Å². The van der Waals surface area contributed by atoms with E-state index >= 15 is 0 Å². The molecule has 1 nitrogen and oxygen atoms in total. The summed E-state index contributed by atoms with van der Waals surface area (Å²) in [6, 6.07) is 12.0. The number of fused-ring (bicyclic) bond motifs is 1. The third-order valence-electron chi connectivity index (χ3n) is 3.74. The number of hydrogen-bond donors (Lipinski definition) is 1. The molecule has 1 unspecified atom stereocenters. The first-order chi connectivity index (χ1) is 9.65. The maximum Gasteiger partial charge on any atom is 0.137 e. The third kappa shape index (κ3) is 2.55. The number of nitrogens with one attached hydrogen (secondary N) is 1. The van der Waals surface area contributed by atoms with Crippen LogP contribution in [-0.2, 0) is 0 Å². The number of anilines is 1. The van der Waals surface area contributed by atoms with Crippen LogP contribution >= 0.6 is 11.8 Å². The molecular weight excluding hydrogens is 269 g/mol. The molecule has 2 aromatic carbocycles. The van der Waals surface area contributed by atoms with Crippen molar-refractivity contribution in [2.45, 2.75) is 31.2 Å². The molecule has 20 heavy (non-hydrogen) atoms. The zero-order valence-electron chi connectivity index (χ0n) is 11.7. The van der Waals surface area contributed by atoms with Crippen LogP contribution in [0.1, 0.15) is 29.2 Å². The quantitative estimate of drug-likeness (QED) is 0.825. The molecule has 0 aromatic heterocycles. The minimum atomic E-state index is -0.0976. The predicted octanol–water partition coefficient (Wildman–Crippen LogP) is 5.09. The van der Waals surface area contributed by atoms with Crippen LogP contribution in [0.5, 0.6) is 0 Å². The highest BCUT2D eigenvalue weighted by Crippen LogP contribution is 2.39. The molecule has 0 radical (unpaired) electrons. The number of thioether (sulfide) groups is 1. The standard InChI is InChI=1S/C17H18FNS/c1-11-6-7-15(12(2)10-11)19-16-8-9-20-17-13(16)4-3-5-14(17)18/h3-7,10,16,19H,8-9H2,1-2H3. The summed E-state index contributed by atoms with van der Waals surface area (Å²) in [6.45, 7) is 4.21. The lowest BCUT2D eigenvalue weighted by molar-refractivity contribution is 0.585. The molecule has 0 saturated heterocycles. The number of rotatable bonds is 2. The van der Waals surface area contributed by atoms with Crippen molar-refractivity contribution in [1.29, 1.82) is 0 Å². The van der Waals surface area contributed by atoms with Crippen LogP contribution in [0.25, 0.3) is 0 Å². The third-order valence-corrected chi connectivity index (χ3v) is 4.90. The van der Waals surface area contributed by atoms with Gasteiger partial charge in [-0.15, -0.1) is 11.8 Å². The Morgan fingerprint density at radius 2 is 2.05 bits per heavy atom. The van der Waals surface area contributed by atoms with E-state index in [-0.39, 0.29) is 11.9 Å². The number of hydrogen-bond acceptors (Lipinski definition) is 2. The molecule has 0 fully saturated rings. The van der Waals surface area contributed by atoms with Crippen LogP contribution < -0.4 is 5.32 Å². The van der Waals surface area contributed by atoms with Gasteiger partial charge in [0.2, 0.25) is 0 Å². The molecule has 3 heteroatoms. The zero-order valence-corrected chi connectivity index (χ0v) is 12.6. The van der Waals surface area contributed by atoms with Crippen molar-refractivity contribution in [2.75, 3.05) is 11.1 Å². The van der Waals surface area contributed by atoms with Crippen molar-refractivity contribution in [2.24, 2.45) is 0 Å². The Labute approximate surface area is 123 Å². The minimum Gasteiger partial charge on any atom is -0.378 e. The zero-order chi connectivity index (χ0) is 14.1. The second-order valence-electron chi connectivity index (χ2n) is 5.31. The maximum atomic E-state index is 13.9. The van der Waals surface area contributed by atoms with Gasteiger partial charge in [-0.25, -0.2) is 4.39 Å². The first-order valence-electron chi connectivity index (χ1n) is 6.90. The van der Waals surface area contributed by atoms with E-state index in [9.17, 15) is 4.39 Å². The lowest BCUT2D eigenvalue weighted by atomic mass is 10.0. The lowest BCUT2D eigenvalue weighted by Crippen LogP contribution is -2.17. The first-order valence-corrected chi connectivity index (χ1v) is 7.89. The Bertz CT molecular complexity index is 639. The highest BCUT2D eigenvalue weighted by atomic mass is 32.2. The molecule has 2 aromatic rings. The molecule has 0 amide bonds. The number of benzene rings is 2. The van der Waals surface area contributed by atoms with E-state index in [4.69, 9.17) is 0 Å². The second-order valence-corrected chi connectivity index (χ2v) is 6.42. The Kier molecular flexibility index (Phi) is 3.70. The van der Waals surface area contributed by atoms with E-state index in [1.807, 2.05) is 6.07 Å². The Morgan fingerprint density at radius 3 is 2.85 bits per heavy atom. The first kappa shape index (κ1) is 13.5. The van der Waals surface area contributed by atoms with E-state index in [2.05, 4.69) is 37.4 Å². The van der Waals surface area contributed by atoms with Crippen molar-refractivity contribution in [1.82, 2.24) is 0 Å². The second kappa shape index (κ2) is 5.49. The fraction of sp³-hybridized carbons (Fsp3) is 0.294. The lowest BCUT2D eigenvalue weighted by Gasteiger charge is -2.27. The monoisotopic (exact) mass is 287 g/mol. The van der Waals surface area contributed by atoms with Gasteiger partial charge in [-0.2, -0.15) is 0 Å². The topological polar surface area (TPSA) is 12.0 Å². The summed E-state index contributed by atoms with van der Waals surface area (Å²) in [5, 5.41) is 3.58. The molecule has 1 heterocycles. The van der Waals surface area contributed by atoms with Gasteiger partial charge < -0.3 is 5.32 Å². The molecule has 0 saturated carbocycles. The molecule has 0 spiro atoms. The predicted molar refractivity (Wildman–Crippen MR) is 84.0 cm³/mol. The fourth-order valence-corrected chi connectivity index (χ4v) is 3.84. The molecule has 1 N–H and O–H groups in total. The Morgan fingerprint density at radius 1 is 1.20 bits per heavy atom. The van der Waals surface area contributed by atoms with Crippen molar-refractivity contribution in [3.8, 4) is 0 Å². The molecule has 0 bridgehead atoms. The average Bonchev–Trinajstić information content (AvgIpc) is 2.43. The summed E-state index contributed by atoms with van der Waals surface area (Å²) in [5.74, 6) is 0.857. The van der Waals surface area contributed by atoms with Gasteiger partial charge in [0.1, 0.15) is 5.82 Å². The smallest absolute Gasteiger partial charge is 0.137 e. The molecular formula is C17H18FNS. The summed E-state index contributed by atoms with van der Waals surface area (Å²) < 4.78 is 13.9. The van der Waals surface area contributed by atoms with E-state index in [1.165, 1.54) is 11.1 Å². The summed E-state index contributed by atoms with van der Waals surface area (Å²) in [4.78, 5) is 0.806. The Balaban J connectivity index is 1.91. The molecule has 1 atom stereocenters. The highest BCUT2D eigenvalue weighted by molar-refractivity contribution is 7.99. The minimum absolute atomic E-state index is 0.0976. The fourth-order valence-electron chi connectivity index (χ4n) is 2.70. The molecule has 1 aliphatic rings. The van der Waals surface area contributed by atoms with E-state index in [1.54, 1.807) is 23.9 Å². The van der Waals surface area contributed by atoms with Gasteiger partial charge in [0.05, 0.1) is 6.04 Å². The summed E-state index contributed by atoms with van der Waals surface area (Å²) in [7, 11) is 0. The summed E-state index contributed by atoms with van der Waals surface area (Å²) in [6.07, 6.45) is 1.02. The van der Waals surface area contributed by atoms with Gasteiger partial charge in [-0.3, -0.25) is 0 Å². The number of halogens is 1. The van der Waals surface area contributed by atoms with Crippen molar-refractivity contribution >= 4 is 17.4 Å². The van der Waals surface area contributed by atoms with Crippen LogP contribution in [0.2, 0.25) is 0 Å². The SMILES string of the molecule is Cc1ccc(NC2CCSc3c(F)cccc32)c(C)c1. The molecule has 0 aliphatic carbocycles. The average molecular weight is 287 g/mol. The van der Waals surface area contributed by atoms with Crippen LogP contribution in [0.4, 0.5) is 10.1 Å². The maximum absolute atomic E-state index is 13.9. The van der Waals surface area contributed by atoms with Crippen molar-refractivity contribution in [3.63, 3.8) is 0 Å². The summed E-state index contributed by atoms with van der Waals surface area (Å²) >= 11 is 1.62. The Hall–Kier alpha value is -1.48. The van der Waals surface area contributed by atoms with Crippen LogP contribution in [0, 0.1) is 19.7 Å². The van der Waals surface area contributed by atoms with Crippen molar-refractivity contribution in [3.05, 3.63) is 58.9 Å². The van der Waals surface area contributed by atoms with E-state index in [0.29, 0.717) is 0 Å². The van der Waals surface area contributed by atoms with Gasteiger partial charge in [-0.1, -0.05) is 29.8 Å². The normalized spacial score (nSPS) is 17.6. The van der Waals surface area contributed by atoms with Gasteiger partial charge in [-0.05, 0) is 43.5 Å². The molecule has 104 valence electrons. The van der Waals surface area contributed by atoms with Crippen LogP contribution in [0.3, 0.4) is 0 Å². The largest absolute Gasteiger partial charge is 0.378 e.